The van der Waals surface area contributed by atoms with Crippen LogP contribution in [-0.4, -0.2) is 40.7 Å². The lowest BCUT2D eigenvalue weighted by Gasteiger charge is -2.18. The van der Waals surface area contributed by atoms with Gasteiger partial charge in [0.25, 0.3) is 5.56 Å². The van der Waals surface area contributed by atoms with Crippen molar-refractivity contribution in [2.75, 3.05) is 19.8 Å². The lowest BCUT2D eigenvalue weighted by Crippen LogP contribution is -2.34. The number of ether oxygens (including phenoxy) is 2. The van der Waals surface area contributed by atoms with Gasteiger partial charge in [-0.1, -0.05) is 12.1 Å². The standard InChI is InChI=1S/C14H16N4O4/c1-2-3-15-13(19)8-18-14(20)9-6-11-12(22-5-4-21-11)7-10(9)16-17-18/h6-7H,2-5,8H2,1H3,(H,15,19). The zero-order valence-electron chi connectivity index (χ0n) is 12.2. The molecule has 8 nitrogen and oxygen atoms in total. The molecule has 0 saturated carbocycles. The number of carbonyl (C=O) groups is 1. The summed E-state index contributed by atoms with van der Waals surface area (Å²) in [5.41, 5.74) is 0.0353. The second-order valence-corrected chi connectivity index (χ2v) is 4.92. The van der Waals surface area contributed by atoms with E-state index in [1.807, 2.05) is 6.92 Å². The first-order chi connectivity index (χ1) is 10.7. The van der Waals surface area contributed by atoms with Gasteiger partial charge in [0.1, 0.15) is 25.3 Å². The van der Waals surface area contributed by atoms with Gasteiger partial charge in [0.15, 0.2) is 11.5 Å². The number of rotatable bonds is 4. The monoisotopic (exact) mass is 304 g/mol. The van der Waals surface area contributed by atoms with Crippen LogP contribution in [0.25, 0.3) is 10.9 Å². The summed E-state index contributed by atoms with van der Waals surface area (Å²) < 4.78 is 11.9. The molecule has 1 aliphatic rings. The first-order valence-corrected chi connectivity index (χ1v) is 7.13. The van der Waals surface area contributed by atoms with E-state index in [2.05, 4.69) is 15.6 Å². The second-order valence-electron chi connectivity index (χ2n) is 4.92. The van der Waals surface area contributed by atoms with E-state index in [4.69, 9.17) is 9.47 Å². The van der Waals surface area contributed by atoms with Crippen LogP contribution >= 0.6 is 0 Å². The number of hydrogen-bond donors (Lipinski definition) is 1. The third kappa shape index (κ3) is 2.72. The molecule has 0 saturated heterocycles. The largest absolute Gasteiger partial charge is 0.486 e. The molecule has 0 radical (unpaired) electrons. The second kappa shape index (κ2) is 6.00. The fraction of sp³-hybridized carbons (Fsp3) is 0.429. The number of carbonyl (C=O) groups excluding carboxylic acids is 1. The minimum absolute atomic E-state index is 0.157. The van der Waals surface area contributed by atoms with Crippen molar-refractivity contribution < 1.29 is 14.3 Å². The summed E-state index contributed by atoms with van der Waals surface area (Å²) in [5, 5.41) is 10.8. The van der Waals surface area contributed by atoms with E-state index in [1.165, 1.54) is 0 Å². The van der Waals surface area contributed by atoms with Crippen molar-refractivity contribution in [1.29, 1.82) is 0 Å². The topological polar surface area (TPSA) is 95.3 Å². The highest BCUT2D eigenvalue weighted by atomic mass is 16.6. The molecule has 1 aliphatic heterocycles. The fourth-order valence-corrected chi connectivity index (χ4v) is 2.17. The molecule has 0 unspecified atom stereocenters. The van der Waals surface area contributed by atoms with Crippen molar-refractivity contribution >= 4 is 16.8 Å². The van der Waals surface area contributed by atoms with E-state index < -0.39 is 0 Å². The van der Waals surface area contributed by atoms with Crippen LogP contribution in [0.4, 0.5) is 0 Å². The zero-order valence-corrected chi connectivity index (χ0v) is 12.2. The van der Waals surface area contributed by atoms with Crippen LogP contribution < -0.4 is 20.3 Å². The van der Waals surface area contributed by atoms with Crippen molar-refractivity contribution in [2.45, 2.75) is 19.9 Å². The molecule has 0 fully saturated rings. The zero-order chi connectivity index (χ0) is 15.5. The predicted octanol–water partition coefficient (Wildman–Crippen LogP) is 0.0889. The maximum Gasteiger partial charge on any atom is 0.278 e. The first kappa shape index (κ1) is 14.3. The Kier molecular flexibility index (Phi) is 3.90. The lowest BCUT2D eigenvalue weighted by molar-refractivity contribution is -0.121. The number of nitrogens with one attached hydrogen (secondary N) is 1. The summed E-state index contributed by atoms with van der Waals surface area (Å²) in [7, 11) is 0. The molecule has 0 spiro atoms. The van der Waals surface area contributed by atoms with Crippen molar-refractivity contribution in [3.8, 4) is 11.5 Å². The number of hydrogen-bond acceptors (Lipinski definition) is 6. The molecule has 1 N–H and O–H groups in total. The highest BCUT2D eigenvalue weighted by molar-refractivity contribution is 5.82. The van der Waals surface area contributed by atoms with Gasteiger partial charge in [-0.2, -0.15) is 0 Å². The maximum absolute atomic E-state index is 12.4. The molecule has 0 aliphatic carbocycles. The van der Waals surface area contributed by atoms with Gasteiger partial charge in [-0.25, -0.2) is 4.68 Å². The van der Waals surface area contributed by atoms with Gasteiger partial charge in [-0.3, -0.25) is 9.59 Å². The summed E-state index contributed by atoms with van der Waals surface area (Å²) in [6.45, 7) is 3.25. The fourth-order valence-electron chi connectivity index (χ4n) is 2.17. The van der Waals surface area contributed by atoms with E-state index in [1.54, 1.807) is 12.1 Å². The molecule has 1 aromatic carbocycles. The Labute approximate surface area is 126 Å². The Balaban J connectivity index is 1.95. The lowest BCUT2D eigenvalue weighted by atomic mass is 10.2. The minimum atomic E-state index is -0.381. The molecular weight excluding hydrogens is 288 g/mol. The molecule has 22 heavy (non-hydrogen) atoms. The van der Waals surface area contributed by atoms with Crippen LogP contribution in [-0.2, 0) is 11.3 Å². The Morgan fingerprint density at radius 2 is 2.05 bits per heavy atom. The van der Waals surface area contributed by atoms with Crippen LogP contribution in [0.15, 0.2) is 16.9 Å². The van der Waals surface area contributed by atoms with Gasteiger partial charge in [-0.15, -0.1) is 5.10 Å². The molecule has 1 amide bonds. The SMILES string of the molecule is CCCNC(=O)Cn1nnc2cc3c(cc2c1=O)OCCO3. The third-order valence-corrected chi connectivity index (χ3v) is 3.25. The van der Waals surface area contributed by atoms with E-state index in [0.717, 1.165) is 11.1 Å². The maximum atomic E-state index is 12.4. The number of fused-ring (bicyclic) bond motifs is 2. The molecule has 0 bridgehead atoms. The van der Waals surface area contributed by atoms with E-state index in [-0.39, 0.29) is 18.0 Å². The number of benzene rings is 1. The summed E-state index contributed by atoms with van der Waals surface area (Å²) in [5.74, 6) is 0.784. The molecule has 2 heterocycles. The van der Waals surface area contributed by atoms with Crippen LogP contribution in [0.3, 0.4) is 0 Å². The van der Waals surface area contributed by atoms with E-state index >= 15 is 0 Å². The molecule has 8 heteroatoms. The summed E-state index contributed by atoms with van der Waals surface area (Å²) in [6, 6.07) is 3.21. The third-order valence-electron chi connectivity index (χ3n) is 3.25. The summed E-state index contributed by atoms with van der Waals surface area (Å²) >= 11 is 0. The highest BCUT2D eigenvalue weighted by Crippen LogP contribution is 2.32. The highest BCUT2D eigenvalue weighted by Gasteiger charge is 2.16. The number of aromatic nitrogens is 3. The van der Waals surface area contributed by atoms with Gasteiger partial charge >= 0.3 is 0 Å². The van der Waals surface area contributed by atoms with Crippen molar-refractivity contribution in [1.82, 2.24) is 20.3 Å². The quantitative estimate of drug-likeness (QED) is 0.860. The molecular formula is C14H16N4O4. The normalized spacial score (nSPS) is 13.1. The van der Waals surface area contributed by atoms with Crippen LogP contribution in [0, 0.1) is 0 Å². The van der Waals surface area contributed by atoms with Crippen LogP contribution in [0.1, 0.15) is 13.3 Å². The Morgan fingerprint density at radius 1 is 1.32 bits per heavy atom. The molecule has 2 aromatic rings. The van der Waals surface area contributed by atoms with Crippen molar-refractivity contribution in [3.05, 3.63) is 22.5 Å². The van der Waals surface area contributed by atoms with Gasteiger partial charge in [0.2, 0.25) is 5.91 Å². The van der Waals surface area contributed by atoms with Crippen LogP contribution in [0.5, 0.6) is 11.5 Å². The van der Waals surface area contributed by atoms with Gasteiger partial charge in [-0.05, 0) is 12.5 Å². The summed E-state index contributed by atoms with van der Waals surface area (Å²) in [6.07, 6.45) is 0.827. The average molecular weight is 304 g/mol. The Morgan fingerprint density at radius 3 is 2.77 bits per heavy atom. The molecule has 116 valence electrons. The number of nitrogens with zero attached hydrogens (tertiary/aromatic N) is 3. The summed E-state index contributed by atoms with van der Waals surface area (Å²) in [4.78, 5) is 24.1. The van der Waals surface area contributed by atoms with Gasteiger partial charge in [0, 0.05) is 12.6 Å². The molecule has 3 rings (SSSR count). The Hall–Kier alpha value is -2.64. The van der Waals surface area contributed by atoms with Gasteiger partial charge < -0.3 is 14.8 Å². The van der Waals surface area contributed by atoms with Crippen molar-refractivity contribution in [3.63, 3.8) is 0 Å². The van der Waals surface area contributed by atoms with Crippen molar-refractivity contribution in [2.24, 2.45) is 0 Å². The minimum Gasteiger partial charge on any atom is -0.486 e. The van der Waals surface area contributed by atoms with E-state index in [9.17, 15) is 9.59 Å². The first-order valence-electron chi connectivity index (χ1n) is 7.13. The van der Waals surface area contributed by atoms with E-state index in [0.29, 0.717) is 42.2 Å². The molecule has 1 aromatic heterocycles. The smallest absolute Gasteiger partial charge is 0.278 e. The molecule has 0 atom stereocenters. The Bertz CT molecular complexity index is 771. The predicted molar refractivity (Wildman–Crippen MR) is 78.1 cm³/mol. The average Bonchev–Trinajstić information content (AvgIpc) is 2.54. The number of amides is 1. The van der Waals surface area contributed by atoms with Gasteiger partial charge in [0.05, 0.1) is 5.39 Å². The van der Waals surface area contributed by atoms with Crippen LogP contribution in [0.2, 0.25) is 0 Å².